The molecule has 0 spiro atoms. The maximum Gasteiger partial charge on any atom is 0.171 e. The van der Waals surface area contributed by atoms with Crippen LogP contribution >= 0.6 is 27.3 Å². The number of nitrogens with zero attached hydrogens (tertiary/aromatic N) is 1. The lowest BCUT2D eigenvalue weighted by Crippen LogP contribution is -2.63. The fourth-order valence-electron chi connectivity index (χ4n) is 2.88. The molecule has 1 aliphatic rings. The standard InChI is InChI=1S/C15H15BrFN3O2S2/c1-14(12-9(17)7-11(16)23-12)8-24(21,22)15(2,13(18)20-14)10-5-3-4-6-19-10/h3-7H,8H2,1-2H3,(H2,18,20)/t14-,15+/m0/s1. The predicted octanol–water partition coefficient (Wildman–Crippen LogP) is 3.17. The van der Waals surface area contributed by atoms with Gasteiger partial charge in [0.1, 0.15) is 11.7 Å². The van der Waals surface area contributed by atoms with Gasteiger partial charge >= 0.3 is 0 Å². The van der Waals surface area contributed by atoms with Crippen molar-refractivity contribution in [2.75, 3.05) is 5.75 Å². The Kier molecular flexibility index (Phi) is 4.09. The Morgan fingerprint density at radius 2 is 2.12 bits per heavy atom. The first-order chi connectivity index (χ1) is 11.1. The minimum Gasteiger partial charge on any atom is -0.361 e. The number of hydrogen-bond acceptors (Lipinski definition) is 5. The average molecular weight is 432 g/mol. The summed E-state index contributed by atoms with van der Waals surface area (Å²) in [6.07, 6.45) is 1.49. The van der Waals surface area contributed by atoms with Crippen molar-refractivity contribution in [2.24, 2.45) is 0 Å². The van der Waals surface area contributed by atoms with Crippen molar-refractivity contribution in [1.29, 1.82) is 5.41 Å². The molecule has 2 N–H and O–H groups in total. The topological polar surface area (TPSA) is 82.9 Å². The van der Waals surface area contributed by atoms with E-state index < -0.39 is 25.9 Å². The summed E-state index contributed by atoms with van der Waals surface area (Å²) in [5, 5.41) is 11.3. The van der Waals surface area contributed by atoms with Crippen LogP contribution in [-0.4, -0.2) is 25.0 Å². The molecule has 0 saturated carbocycles. The van der Waals surface area contributed by atoms with Crippen LogP contribution in [0.15, 0.2) is 34.2 Å². The lowest BCUT2D eigenvalue weighted by Gasteiger charge is -2.43. The van der Waals surface area contributed by atoms with Crippen LogP contribution in [0.3, 0.4) is 0 Å². The van der Waals surface area contributed by atoms with Gasteiger partial charge in [0.15, 0.2) is 14.6 Å². The molecule has 0 unspecified atom stereocenters. The Morgan fingerprint density at radius 3 is 2.62 bits per heavy atom. The average Bonchev–Trinajstić information content (AvgIpc) is 2.84. The Morgan fingerprint density at radius 1 is 1.42 bits per heavy atom. The Hall–Kier alpha value is -1.32. The number of amidine groups is 1. The van der Waals surface area contributed by atoms with Crippen LogP contribution < -0.4 is 5.32 Å². The monoisotopic (exact) mass is 431 g/mol. The highest BCUT2D eigenvalue weighted by Gasteiger charge is 2.56. The van der Waals surface area contributed by atoms with E-state index in [2.05, 4.69) is 26.2 Å². The van der Waals surface area contributed by atoms with E-state index in [1.807, 2.05) is 0 Å². The van der Waals surface area contributed by atoms with E-state index >= 15 is 0 Å². The Bertz CT molecular complexity index is 916. The summed E-state index contributed by atoms with van der Waals surface area (Å²) in [7, 11) is -3.81. The quantitative estimate of drug-likeness (QED) is 0.764. The van der Waals surface area contributed by atoms with Gasteiger partial charge in [-0.1, -0.05) is 6.07 Å². The third-order valence-electron chi connectivity index (χ3n) is 4.29. The van der Waals surface area contributed by atoms with E-state index in [9.17, 15) is 12.8 Å². The zero-order valence-electron chi connectivity index (χ0n) is 12.9. The van der Waals surface area contributed by atoms with Gasteiger partial charge in [-0.3, -0.25) is 10.4 Å². The number of pyridine rings is 1. The molecular weight excluding hydrogens is 417 g/mol. The number of hydrogen-bond donors (Lipinski definition) is 2. The molecule has 3 heterocycles. The van der Waals surface area contributed by atoms with Crippen LogP contribution in [0.1, 0.15) is 24.4 Å². The second kappa shape index (κ2) is 5.60. The van der Waals surface area contributed by atoms with Crippen LogP contribution in [0.5, 0.6) is 0 Å². The van der Waals surface area contributed by atoms with Gasteiger partial charge in [0.05, 0.1) is 25.6 Å². The van der Waals surface area contributed by atoms with E-state index in [0.29, 0.717) is 3.79 Å². The van der Waals surface area contributed by atoms with Crippen molar-refractivity contribution in [3.8, 4) is 0 Å². The van der Waals surface area contributed by atoms with E-state index in [1.54, 1.807) is 25.1 Å². The predicted molar refractivity (Wildman–Crippen MR) is 95.6 cm³/mol. The maximum absolute atomic E-state index is 14.2. The van der Waals surface area contributed by atoms with Crippen LogP contribution in [0.2, 0.25) is 0 Å². The molecule has 0 radical (unpaired) electrons. The first kappa shape index (κ1) is 17.5. The highest BCUT2D eigenvalue weighted by atomic mass is 79.9. The SMILES string of the molecule is C[C@@]1(c2ccccn2)C(=N)N[C@](C)(c2sc(Br)cc2F)CS1(=O)=O. The number of thiophene rings is 1. The number of sulfone groups is 1. The fraction of sp³-hybridized carbons (Fsp3) is 0.333. The van der Waals surface area contributed by atoms with Crippen molar-refractivity contribution < 1.29 is 12.8 Å². The normalized spacial score (nSPS) is 29.2. The zero-order valence-corrected chi connectivity index (χ0v) is 16.1. The molecule has 0 bridgehead atoms. The third kappa shape index (κ3) is 2.49. The van der Waals surface area contributed by atoms with Crippen molar-refractivity contribution in [3.05, 3.63) is 50.6 Å². The number of rotatable bonds is 2. The van der Waals surface area contributed by atoms with Crippen LogP contribution in [-0.2, 0) is 20.1 Å². The molecule has 0 aromatic carbocycles. The van der Waals surface area contributed by atoms with Crippen LogP contribution in [0.4, 0.5) is 4.39 Å². The molecule has 3 rings (SSSR count). The second-order valence-electron chi connectivity index (χ2n) is 6.07. The van der Waals surface area contributed by atoms with Crippen molar-refractivity contribution in [2.45, 2.75) is 24.1 Å². The van der Waals surface area contributed by atoms with Crippen LogP contribution in [0.25, 0.3) is 0 Å². The molecule has 1 saturated heterocycles. The van der Waals surface area contributed by atoms with Gasteiger partial charge in [-0.25, -0.2) is 12.8 Å². The molecular formula is C15H15BrFN3O2S2. The summed E-state index contributed by atoms with van der Waals surface area (Å²) in [6.45, 7) is 3.05. The summed E-state index contributed by atoms with van der Waals surface area (Å²) in [5.41, 5.74) is -0.928. The minimum absolute atomic E-state index is 0.209. The zero-order chi connectivity index (χ0) is 17.8. The summed E-state index contributed by atoms with van der Waals surface area (Å²) in [5.74, 6) is -1.04. The maximum atomic E-state index is 14.2. The number of halogens is 2. The molecule has 128 valence electrons. The van der Waals surface area contributed by atoms with E-state index in [0.717, 1.165) is 11.3 Å². The van der Waals surface area contributed by atoms with Gasteiger partial charge in [-0.05, 0) is 48.0 Å². The van der Waals surface area contributed by atoms with Gasteiger partial charge in [0.2, 0.25) is 0 Å². The molecule has 9 heteroatoms. The third-order valence-corrected chi connectivity index (χ3v) is 8.78. The van der Waals surface area contributed by atoms with E-state index in [1.165, 1.54) is 19.2 Å². The summed E-state index contributed by atoms with van der Waals surface area (Å²) >= 11 is 4.34. The molecule has 1 fully saturated rings. The largest absolute Gasteiger partial charge is 0.361 e. The Balaban J connectivity index is 2.11. The summed E-state index contributed by atoms with van der Waals surface area (Å²) in [4.78, 5) is 4.38. The first-order valence-corrected chi connectivity index (χ1v) is 10.3. The van der Waals surface area contributed by atoms with Gasteiger partial charge in [-0.15, -0.1) is 11.3 Å². The number of aromatic nitrogens is 1. The Labute approximate surface area is 151 Å². The van der Waals surface area contributed by atoms with Gasteiger partial charge < -0.3 is 5.32 Å². The van der Waals surface area contributed by atoms with Gasteiger partial charge in [0, 0.05) is 6.20 Å². The fourth-order valence-corrected chi connectivity index (χ4v) is 6.59. The first-order valence-electron chi connectivity index (χ1n) is 7.06. The lowest BCUT2D eigenvalue weighted by molar-refractivity contribution is 0.428. The van der Waals surface area contributed by atoms with Gasteiger partial charge in [0.25, 0.3) is 0 Å². The minimum atomic E-state index is -3.81. The molecule has 1 aliphatic heterocycles. The molecule has 2 aromatic heterocycles. The molecule has 0 aliphatic carbocycles. The highest BCUT2D eigenvalue weighted by Crippen LogP contribution is 2.42. The van der Waals surface area contributed by atoms with Crippen molar-refractivity contribution in [3.63, 3.8) is 0 Å². The van der Waals surface area contributed by atoms with Crippen molar-refractivity contribution in [1.82, 2.24) is 10.3 Å². The molecule has 0 amide bonds. The molecule has 2 atom stereocenters. The smallest absolute Gasteiger partial charge is 0.171 e. The molecule has 24 heavy (non-hydrogen) atoms. The van der Waals surface area contributed by atoms with Gasteiger partial charge in [-0.2, -0.15) is 0 Å². The highest BCUT2D eigenvalue weighted by molar-refractivity contribution is 9.11. The molecule has 2 aromatic rings. The van der Waals surface area contributed by atoms with E-state index in [-0.39, 0.29) is 22.2 Å². The van der Waals surface area contributed by atoms with Crippen molar-refractivity contribution >= 4 is 42.9 Å². The summed E-state index contributed by atoms with van der Waals surface area (Å²) < 4.78 is 39.3. The second-order valence-corrected chi connectivity index (χ2v) is 10.8. The summed E-state index contributed by atoms with van der Waals surface area (Å²) in [6, 6.07) is 6.25. The lowest BCUT2D eigenvalue weighted by atomic mass is 9.97. The molecule has 5 nitrogen and oxygen atoms in total. The van der Waals surface area contributed by atoms with E-state index in [4.69, 9.17) is 5.41 Å². The number of nitrogens with one attached hydrogen (secondary N) is 2. The van der Waals surface area contributed by atoms with Crippen LogP contribution in [0, 0.1) is 11.2 Å².